The van der Waals surface area contributed by atoms with E-state index in [2.05, 4.69) is 26.3 Å². The van der Waals surface area contributed by atoms with Gasteiger partial charge in [0.05, 0.1) is 6.20 Å². The van der Waals surface area contributed by atoms with Gasteiger partial charge in [-0.1, -0.05) is 24.3 Å². The van der Waals surface area contributed by atoms with E-state index in [-0.39, 0.29) is 23.3 Å². The fraction of sp³-hybridized carbons (Fsp3) is 0.182. The van der Waals surface area contributed by atoms with E-state index in [9.17, 15) is 13.6 Å². The second-order valence-electron chi connectivity index (χ2n) is 7.50. The summed E-state index contributed by atoms with van der Waals surface area (Å²) in [6, 6.07) is 11.1. The van der Waals surface area contributed by atoms with Gasteiger partial charge < -0.3 is 4.90 Å². The van der Waals surface area contributed by atoms with Gasteiger partial charge in [0.1, 0.15) is 17.8 Å². The summed E-state index contributed by atoms with van der Waals surface area (Å²) in [6.45, 7) is 2.81. The van der Waals surface area contributed by atoms with Crippen molar-refractivity contribution in [1.29, 1.82) is 0 Å². The van der Waals surface area contributed by atoms with Crippen LogP contribution in [0.2, 0.25) is 0 Å². The first-order valence-electron chi connectivity index (χ1n) is 9.75. The van der Waals surface area contributed by atoms with Crippen LogP contribution in [-0.2, 0) is 6.54 Å². The van der Waals surface area contributed by atoms with Crippen molar-refractivity contribution in [3.63, 3.8) is 0 Å². The fourth-order valence-corrected chi connectivity index (χ4v) is 4.02. The van der Waals surface area contributed by atoms with Gasteiger partial charge in [0.15, 0.2) is 5.82 Å². The maximum absolute atomic E-state index is 14.1. The lowest BCUT2D eigenvalue weighted by molar-refractivity contribution is 0.0712. The van der Waals surface area contributed by atoms with Crippen molar-refractivity contribution < 1.29 is 13.6 Å². The lowest BCUT2D eigenvalue weighted by atomic mass is 9.85. The number of halogens is 2. The normalized spacial score (nSPS) is 15.7. The number of aryl methyl sites for hydroxylation is 1. The van der Waals surface area contributed by atoms with Crippen LogP contribution in [0.25, 0.3) is 5.69 Å². The van der Waals surface area contributed by atoms with E-state index < -0.39 is 11.6 Å². The van der Waals surface area contributed by atoms with Crippen molar-refractivity contribution >= 4 is 5.91 Å². The molecule has 2 aromatic carbocycles. The summed E-state index contributed by atoms with van der Waals surface area (Å²) in [7, 11) is 0. The highest BCUT2D eigenvalue weighted by Crippen LogP contribution is 2.34. The van der Waals surface area contributed by atoms with Crippen molar-refractivity contribution in [3.8, 4) is 5.69 Å². The van der Waals surface area contributed by atoms with Crippen LogP contribution < -0.4 is 0 Å². The molecule has 0 radical (unpaired) electrons. The molecule has 3 heterocycles. The molecule has 5 rings (SSSR count). The van der Waals surface area contributed by atoms with Crippen LogP contribution in [0, 0.1) is 18.6 Å². The van der Waals surface area contributed by atoms with Crippen LogP contribution >= 0.6 is 0 Å². The molecule has 7 nitrogen and oxygen atoms in total. The predicted octanol–water partition coefficient (Wildman–Crippen LogP) is 3.36. The SMILES string of the molecule is Cc1[nH]ncc1C1CN(C(=O)c2ncn(-c3ccc(F)cc3F)n2)Cc2ccccc21. The van der Waals surface area contributed by atoms with Crippen molar-refractivity contribution in [2.24, 2.45) is 0 Å². The zero-order valence-corrected chi connectivity index (χ0v) is 16.6. The topological polar surface area (TPSA) is 79.7 Å². The zero-order valence-electron chi connectivity index (χ0n) is 16.6. The molecule has 0 fully saturated rings. The van der Waals surface area contributed by atoms with E-state index in [0.29, 0.717) is 13.1 Å². The van der Waals surface area contributed by atoms with Gasteiger partial charge in [-0.15, -0.1) is 5.10 Å². The standard InChI is InChI=1S/C22H18F2N6O/c1-13-17(9-26-27-13)18-11-29(10-14-4-2-3-5-16(14)18)22(31)21-25-12-30(28-21)20-7-6-15(23)8-19(20)24/h2-9,12,18H,10-11H2,1H3,(H,26,27). The number of benzene rings is 2. The highest BCUT2D eigenvalue weighted by atomic mass is 19.1. The molecule has 1 aliphatic heterocycles. The minimum absolute atomic E-state index is 0.0174. The molecule has 31 heavy (non-hydrogen) atoms. The Kier molecular flexibility index (Phi) is 4.58. The number of fused-ring (bicyclic) bond motifs is 1. The third-order valence-electron chi connectivity index (χ3n) is 5.57. The third-order valence-corrected chi connectivity index (χ3v) is 5.57. The number of H-pyrrole nitrogens is 1. The minimum Gasteiger partial charge on any atom is -0.331 e. The molecule has 0 spiro atoms. The average Bonchev–Trinajstić information content (AvgIpc) is 3.42. The third kappa shape index (κ3) is 3.37. The molecular weight excluding hydrogens is 402 g/mol. The second-order valence-corrected chi connectivity index (χ2v) is 7.50. The Morgan fingerprint density at radius 3 is 2.77 bits per heavy atom. The van der Waals surface area contributed by atoms with Gasteiger partial charge in [-0.05, 0) is 30.2 Å². The Bertz CT molecular complexity index is 1280. The number of carbonyl (C=O) groups excluding carboxylic acids is 1. The van der Waals surface area contributed by atoms with Gasteiger partial charge in [-0.3, -0.25) is 9.89 Å². The summed E-state index contributed by atoms with van der Waals surface area (Å²) < 4.78 is 28.4. The minimum atomic E-state index is -0.786. The number of aromatic nitrogens is 5. The van der Waals surface area contributed by atoms with E-state index in [0.717, 1.165) is 39.2 Å². The van der Waals surface area contributed by atoms with Gasteiger partial charge in [-0.25, -0.2) is 18.4 Å². The number of hydrogen-bond acceptors (Lipinski definition) is 4. The summed E-state index contributed by atoms with van der Waals surface area (Å²) in [5.41, 5.74) is 4.18. The van der Waals surface area contributed by atoms with E-state index in [1.807, 2.05) is 25.1 Å². The summed E-state index contributed by atoms with van der Waals surface area (Å²) >= 11 is 0. The maximum atomic E-state index is 14.1. The Morgan fingerprint density at radius 2 is 2.00 bits per heavy atom. The van der Waals surface area contributed by atoms with E-state index >= 15 is 0 Å². The molecule has 1 unspecified atom stereocenters. The molecule has 156 valence electrons. The van der Waals surface area contributed by atoms with Crippen LogP contribution in [0.3, 0.4) is 0 Å². The van der Waals surface area contributed by atoms with Crippen molar-refractivity contribution in [2.45, 2.75) is 19.4 Å². The molecule has 4 aromatic rings. The second kappa shape index (κ2) is 7.42. The van der Waals surface area contributed by atoms with E-state index in [1.54, 1.807) is 11.1 Å². The highest BCUT2D eigenvalue weighted by Gasteiger charge is 2.32. The molecule has 1 amide bonds. The number of hydrogen-bond donors (Lipinski definition) is 1. The first kappa shape index (κ1) is 19.1. The molecule has 1 atom stereocenters. The zero-order chi connectivity index (χ0) is 21.5. The molecular formula is C22H18F2N6O. The number of carbonyl (C=O) groups is 1. The van der Waals surface area contributed by atoms with Gasteiger partial charge in [0, 0.05) is 36.3 Å². The van der Waals surface area contributed by atoms with Crippen LogP contribution in [0.15, 0.2) is 55.0 Å². The van der Waals surface area contributed by atoms with E-state index in [4.69, 9.17) is 0 Å². The molecule has 0 saturated carbocycles. The molecule has 1 N–H and O–H groups in total. The number of rotatable bonds is 3. The molecule has 0 saturated heterocycles. The van der Waals surface area contributed by atoms with Gasteiger partial charge in [-0.2, -0.15) is 5.10 Å². The monoisotopic (exact) mass is 420 g/mol. The van der Waals surface area contributed by atoms with Crippen molar-refractivity contribution in [2.75, 3.05) is 6.54 Å². The largest absolute Gasteiger partial charge is 0.331 e. The quantitative estimate of drug-likeness (QED) is 0.551. The van der Waals surface area contributed by atoms with Gasteiger partial charge in [0.25, 0.3) is 5.91 Å². The molecule has 0 bridgehead atoms. The first-order chi connectivity index (χ1) is 15.0. The van der Waals surface area contributed by atoms with Crippen molar-refractivity contribution in [1.82, 2.24) is 29.9 Å². The summed E-state index contributed by atoms with van der Waals surface area (Å²) in [6.07, 6.45) is 3.04. The Morgan fingerprint density at radius 1 is 1.16 bits per heavy atom. The lowest BCUT2D eigenvalue weighted by Gasteiger charge is -2.34. The lowest BCUT2D eigenvalue weighted by Crippen LogP contribution is -2.39. The molecule has 9 heteroatoms. The summed E-state index contributed by atoms with van der Waals surface area (Å²) in [5.74, 6) is -1.92. The number of nitrogens with one attached hydrogen (secondary N) is 1. The van der Waals surface area contributed by atoms with Gasteiger partial charge in [0.2, 0.25) is 5.82 Å². The average molecular weight is 420 g/mol. The van der Waals surface area contributed by atoms with Gasteiger partial charge >= 0.3 is 0 Å². The first-order valence-corrected chi connectivity index (χ1v) is 9.75. The Labute approximate surface area is 176 Å². The fourth-order valence-electron chi connectivity index (χ4n) is 4.02. The smallest absolute Gasteiger partial charge is 0.293 e. The predicted molar refractivity (Wildman–Crippen MR) is 108 cm³/mol. The number of amides is 1. The van der Waals surface area contributed by atoms with E-state index in [1.165, 1.54) is 12.4 Å². The van der Waals surface area contributed by atoms with Crippen LogP contribution in [0.5, 0.6) is 0 Å². The Hall–Kier alpha value is -3.88. The Balaban J connectivity index is 1.46. The maximum Gasteiger partial charge on any atom is 0.293 e. The highest BCUT2D eigenvalue weighted by molar-refractivity contribution is 5.90. The van der Waals surface area contributed by atoms with Crippen LogP contribution in [0.4, 0.5) is 8.78 Å². The molecule has 0 aliphatic carbocycles. The number of aromatic amines is 1. The summed E-state index contributed by atoms with van der Waals surface area (Å²) in [5, 5.41) is 11.2. The molecule has 1 aliphatic rings. The van der Waals surface area contributed by atoms with Crippen molar-refractivity contribution in [3.05, 3.63) is 94.8 Å². The van der Waals surface area contributed by atoms with Crippen LogP contribution in [0.1, 0.15) is 38.9 Å². The van der Waals surface area contributed by atoms with Crippen LogP contribution in [-0.4, -0.2) is 42.3 Å². The summed E-state index contributed by atoms with van der Waals surface area (Å²) in [4.78, 5) is 19.0. The number of nitrogens with zero attached hydrogens (tertiary/aromatic N) is 5. The molecule has 2 aromatic heterocycles.